The number of hydrogen-bond donors (Lipinski definition) is 0. The molecular formula is C26H36S. The molecule has 2 aromatic rings. The molecule has 0 bridgehead atoms. The molecule has 1 atom stereocenters. The molecule has 1 aliphatic rings. The first-order valence-electron chi connectivity index (χ1n) is 10.5. The summed E-state index contributed by atoms with van der Waals surface area (Å²) in [7, 11) is 0. The molecule has 146 valence electrons. The minimum atomic E-state index is -0.00356. The molecule has 0 saturated heterocycles. The smallest absolute Gasteiger partial charge is 0.0628 e. The summed E-state index contributed by atoms with van der Waals surface area (Å²) >= 11 is 2.09. The van der Waals surface area contributed by atoms with Gasteiger partial charge in [-0.2, -0.15) is 0 Å². The molecule has 0 saturated carbocycles. The Morgan fingerprint density at radius 1 is 0.852 bits per heavy atom. The normalized spacial score (nSPS) is 20.0. The van der Waals surface area contributed by atoms with Crippen molar-refractivity contribution in [3.05, 3.63) is 70.3 Å². The van der Waals surface area contributed by atoms with E-state index in [1.165, 1.54) is 41.7 Å². The molecule has 1 heteroatoms. The van der Waals surface area contributed by atoms with Crippen LogP contribution in [0.2, 0.25) is 0 Å². The Hall–Kier alpha value is -1.21. The third-order valence-corrected chi connectivity index (χ3v) is 8.26. The lowest BCUT2D eigenvalue weighted by Gasteiger charge is -2.43. The van der Waals surface area contributed by atoms with E-state index in [9.17, 15) is 0 Å². The number of hydrogen-bond acceptors (Lipinski definition) is 1. The zero-order valence-corrected chi connectivity index (χ0v) is 19.1. The van der Waals surface area contributed by atoms with Gasteiger partial charge in [-0.3, -0.25) is 0 Å². The molecule has 27 heavy (non-hydrogen) atoms. The molecule has 0 aliphatic heterocycles. The third-order valence-electron chi connectivity index (χ3n) is 6.60. The van der Waals surface area contributed by atoms with Crippen molar-refractivity contribution in [2.75, 3.05) is 5.75 Å². The molecule has 1 unspecified atom stereocenters. The molecule has 1 aliphatic carbocycles. The second-order valence-electron chi connectivity index (χ2n) is 9.78. The molecule has 0 radical (unpaired) electrons. The molecule has 0 aromatic heterocycles. The Morgan fingerprint density at radius 3 is 2.00 bits per heavy atom. The van der Waals surface area contributed by atoms with Crippen molar-refractivity contribution >= 4 is 11.8 Å². The van der Waals surface area contributed by atoms with Crippen LogP contribution in [0.3, 0.4) is 0 Å². The average molecular weight is 381 g/mol. The van der Waals surface area contributed by atoms with E-state index in [0.717, 1.165) is 0 Å². The summed E-state index contributed by atoms with van der Waals surface area (Å²) in [6.45, 7) is 16.5. The maximum atomic E-state index is 2.54. The fourth-order valence-corrected chi connectivity index (χ4v) is 5.61. The van der Waals surface area contributed by atoms with E-state index in [-0.39, 0.29) is 15.6 Å². The highest BCUT2D eigenvalue weighted by Crippen LogP contribution is 2.49. The van der Waals surface area contributed by atoms with Gasteiger partial charge in [-0.05, 0) is 71.9 Å². The van der Waals surface area contributed by atoms with E-state index in [4.69, 9.17) is 0 Å². The van der Waals surface area contributed by atoms with Crippen molar-refractivity contribution in [3.63, 3.8) is 0 Å². The Labute approximate surface area is 171 Å². The quantitative estimate of drug-likeness (QED) is 0.511. The topological polar surface area (TPSA) is 0 Å². The fraction of sp³-hybridized carbons (Fsp3) is 0.538. The van der Waals surface area contributed by atoms with Crippen LogP contribution in [-0.2, 0) is 15.6 Å². The lowest BCUT2D eigenvalue weighted by atomic mass is 9.62. The van der Waals surface area contributed by atoms with Gasteiger partial charge in [0.15, 0.2) is 0 Å². The summed E-state index contributed by atoms with van der Waals surface area (Å²) < 4.78 is -0.00356. The largest absolute Gasteiger partial charge is 0.146 e. The molecule has 0 amide bonds. The average Bonchev–Trinajstić information content (AvgIpc) is 2.64. The van der Waals surface area contributed by atoms with Gasteiger partial charge in [0.1, 0.15) is 0 Å². The molecule has 0 nitrogen and oxygen atoms in total. The van der Waals surface area contributed by atoms with Crippen molar-refractivity contribution in [1.29, 1.82) is 0 Å². The Balaban J connectivity index is 2.15. The molecule has 0 fully saturated rings. The van der Waals surface area contributed by atoms with Crippen LogP contribution in [0, 0.1) is 6.92 Å². The first-order valence-corrected chi connectivity index (χ1v) is 11.5. The van der Waals surface area contributed by atoms with Crippen LogP contribution in [0.1, 0.15) is 88.6 Å². The highest BCUT2D eigenvalue weighted by Gasteiger charge is 2.39. The lowest BCUT2D eigenvalue weighted by Crippen LogP contribution is -2.34. The lowest BCUT2D eigenvalue weighted by molar-refractivity contribution is 0.331. The monoisotopic (exact) mass is 380 g/mol. The van der Waals surface area contributed by atoms with Crippen LogP contribution < -0.4 is 0 Å². The second-order valence-corrected chi connectivity index (χ2v) is 11.3. The molecule has 0 spiro atoms. The molecule has 0 heterocycles. The third kappa shape index (κ3) is 3.86. The summed E-state index contributed by atoms with van der Waals surface area (Å²) in [6, 6.07) is 16.5. The molecule has 2 aromatic carbocycles. The highest BCUT2D eigenvalue weighted by atomic mass is 32.2. The van der Waals surface area contributed by atoms with Crippen LogP contribution in [0.4, 0.5) is 0 Å². The summed E-state index contributed by atoms with van der Waals surface area (Å²) in [5, 5.41) is 0. The minimum absolute atomic E-state index is 0.00356. The SMILES string of the molecule is CCCSC(C)(c1ccc(C)cc1)c1ccc2c(c1)C(C)(C)CCC2(C)C. The predicted octanol–water partition coefficient (Wildman–Crippen LogP) is 7.75. The highest BCUT2D eigenvalue weighted by molar-refractivity contribution is 8.00. The Morgan fingerprint density at radius 2 is 1.41 bits per heavy atom. The van der Waals surface area contributed by atoms with E-state index in [1.54, 1.807) is 11.1 Å². The van der Waals surface area contributed by atoms with Crippen LogP contribution in [0.5, 0.6) is 0 Å². The number of thioether (sulfide) groups is 1. The number of benzene rings is 2. The van der Waals surface area contributed by atoms with Crippen LogP contribution in [0.15, 0.2) is 42.5 Å². The molecule has 3 rings (SSSR count). The minimum Gasteiger partial charge on any atom is -0.146 e. The van der Waals surface area contributed by atoms with Gasteiger partial charge >= 0.3 is 0 Å². The van der Waals surface area contributed by atoms with Gasteiger partial charge < -0.3 is 0 Å². The second kappa shape index (κ2) is 7.32. The zero-order chi connectivity index (χ0) is 19.9. The van der Waals surface area contributed by atoms with Crippen molar-refractivity contribution in [3.8, 4) is 0 Å². The van der Waals surface area contributed by atoms with E-state index >= 15 is 0 Å². The summed E-state index contributed by atoms with van der Waals surface area (Å²) in [4.78, 5) is 0. The van der Waals surface area contributed by atoms with Gasteiger partial charge in [-0.25, -0.2) is 0 Å². The van der Waals surface area contributed by atoms with Crippen LogP contribution in [0.25, 0.3) is 0 Å². The predicted molar refractivity (Wildman–Crippen MR) is 122 cm³/mol. The van der Waals surface area contributed by atoms with E-state index in [1.807, 2.05) is 0 Å². The van der Waals surface area contributed by atoms with E-state index < -0.39 is 0 Å². The van der Waals surface area contributed by atoms with Gasteiger partial charge in [0.2, 0.25) is 0 Å². The number of fused-ring (bicyclic) bond motifs is 1. The van der Waals surface area contributed by atoms with Gasteiger partial charge in [0.05, 0.1) is 4.75 Å². The summed E-state index contributed by atoms with van der Waals surface area (Å²) in [5.74, 6) is 1.18. The van der Waals surface area contributed by atoms with Crippen molar-refractivity contribution in [1.82, 2.24) is 0 Å². The summed E-state index contributed by atoms with van der Waals surface area (Å²) in [5.41, 5.74) is 7.84. The van der Waals surface area contributed by atoms with Crippen molar-refractivity contribution in [2.45, 2.75) is 83.3 Å². The maximum Gasteiger partial charge on any atom is 0.0628 e. The van der Waals surface area contributed by atoms with Crippen molar-refractivity contribution in [2.24, 2.45) is 0 Å². The number of aryl methyl sites for hydroxylation is 1. The van der Waals surface area contributed by atoms with Gasteiger partial charge in [0.25, 0.3) is 0 Å². The Kier molecular flexibility index (Phi) is 5.56. The van der Waals surface area contributed by atoms with Crippen LogP contribution >= 0.6 is 11.8 Å². The van der Waals surface area contributed by atoms with E-state index in [0.29, 0.717) is 0 Å². The Bertz CT molecular complexity index is 797. The molecule has 0 N–H and O–H groups in total. The first-order chi connectivity index (χ1) is 12.6. The fourth-order valence-electron chi connectivity index (χ4n) is 4.40. The maximum absolute atomic E-state index is 2.54. The summed E-state index contributed by atoms with van der Waals surface area (Å²) in [6.07, 6.45) is 3.74. The standard InChI is InChI=1S/C26H36S/c1-8-17-27-26(7,20-11-9-19(2)10-12-20)21-13-14-22-23(18-21)25(5,6)16-15-24(22,3)4/h9-14,18H,8,15-17H2,1-7H3. The van der Waals surface area contributed by atoms with Crippen LogP contribution in [-0.4, -0.2) is 5.75 Å². The first kappa shape index (κ1) is 20.5. The van der Waals surface area contributed by atoms with Gasteiger partial charge in [-0.1, -0.05) is 82.6 Å². The van der Waals surface area contributed by atoms with Gasteiger partial charge in [-0.15, -0.1) is 11.8 Å². The zero-order valence-electron chi connectivity index (χ0n) is 18.3. The number of rotatable bonds is 5. The van der Waals surface area contributed by atoms with E-state index in [2.05, 4.69) is 103 Å². The molecular weight excluding hydrogens is 344 g/mol. The van der Waals surface area contributed by atoms with Gasteiger partial charge in [0, 0.05) is 0 Å². The van der Waals surface area contributed by atoms with Crippen molar-refractivity contribution < 1.29 is 0 Å².